The molecule has 4 heteroatoms. The van der Waals surface area contributed by atoms with Crippen molar-refractivity contribution in [2.45, 2.75) is 13.0 Å². The van der Waals surface area contributed by atoms with Gasteiger partial charge in [-0.3, -0.25) is 4.90 Å². The van der Waals surface area contributed by atoms with E-state index in [2.05, 4.69) is 51.2 Å². The first-order valence-electron chi connectivity index (χ1n) is 7.33. The van der Waals surface area contributed by atoms with E-state index in [1.807, 2.05) is 0 Å². The summed E-state index contributed by atoms with van der Waals surface area (Å²) in [4.78, 5) is 2.47. The van der Waals surface area contributed by atoms with E-state index in [-0.39, 0.29) is 0 Å². The number of nitrogens with zero attached hydrogens (tertiary/aromatic N) is 1. The molecule has 0 amide bonds. The quantitative estimate of drug-likeness (QED) is 0.731. The molecule has 0 saturated carbocycles. The van der Waals surface area contributed by atoms with Crippen LogP contribution >= 0.6 is 0 Å². The SMILES string of the molecule is c1ccc(CN2CCNCCNCCCNC2)cc1. The molecule has 2 rings (SSSR count). The third-order valence-electron chi connectivity index (χ3n) is 3.37. The largest absolute Gasteiger partial charge is 0.315 e. The summed E-state index contributed by atoms with van der Waals surface area (Å²) in [5.41, 5.74) is 1.39. The van der Waals surface area contributed by atoms with Crippen molar-refractivity contribution in [3.05, 3.63) is 35.9 Å². The summed E-state index contributed by atoms with van der Waals surface area (Å²) in [5.74, 6) is 0. The Morgan fingerprint density at radius 3 is 2.42 bits per heavy atom. The second-order valence-corrected chi connectivity index (χ2v) is 5.05. The van der Waals surface area contributed by atoms with Gasteiger partial charge in [-0.05, 0) is 25.1 Å². The third kappa shape index (κ3) is 6.16. The van der Waals surface area contributed by atoms with Crippen LogP contribution in [0.2, 0.25) is 0 Å². The molecular formula is C15H26N4. The smallest absolute Gasteiger partial charge is 0.0484 e. The van der Waals surface area contributed by atoms with E-state index in [0.717, 1.165) is 52.5 Å². The van der Waals surface area contributed by atoms with Gasteiger partial charge in [0.05, 0.1) is 0 Å². The van der Waals surface area contributed by atoms with Crippen molar-refractivity contribution >= 4 is 0 Å². The van der Waals surface area contributed by atoms with Crippen LogP contribution < -0.4 is 16.0 Å². The van der Waals surface area contributed by atoms with Crippen LogP contribution in [0.1, 0.15) is 12.0 Å². The van der Waals surface area contributed by atoms with Crippen molar-refractivity contribution in [1.29, 1.82) is 0 Å². The van der Waals surface area contributed by atoms with Gasteiger partial charge in [0.25, 0.3) is 0 Å². The van der Waals surface area contributed by atoms with Crippen LogP contribution in [0.5, 0.6) is 0 Å². The number of hydrogen-bond donors (Lipinski definition) is 3. The molecule has 1 saturated heterocycles. The molecule has 0 radical (unpaired) electrons. The van der Waals surface area contributed by atoms with Crippen molar-refractivity contribution in [3.8, 4) is 0 Å². The van der Waals surface area contributed by atoms with Gasteiger partial charge in [0, 0.05) is 39.4 Å². The lowest BCUT2D eigenvalue weighted by molar-refractivity contribution is 0.242. The van der Waals surface area contributed by atoms with Crippen LogP contribution in [0, 0.1) is 0 Å². The molecule has 1 heterocycles. The van der Waals surface area contributed by atoms with E-state index in [4.69, 9.17) is 0 Å². The minimum absolute atomic E-state index is 0.969. The third-order valence-corrected chi connectivity index (χ3v) is 3.37. The van der Waals surface area contributed by atoms with Gasteiger partial charge in [0.1, 0.15) is 0 Å². The fourth-order valence-electron chi connectivity index (χ4n) is 2.30. The molecular weight excluding hydrogens is 236 g/mol. The van der Waals surface area contributed by atoms with E-state index in [9.17, 15) is 0 Å². The summed E-state index contributed by atoms with van der Waals surface area (Å²) < 4.78 is 0. The van der Waals surface area contributed by atoms with Gasteiger partial charge in [-0.15, -0.1) is 0 Å². The van der Waals surface area contributed by atoms with Gasteiger partial charge in [-0.2, -0.15) is 0 Å². The first-order valence-corrected chi connectivity index (χ1v) is 7.33. The van der Waals surface area contributed by atoms with Crippen LogP contribution in [-0.4, -0.2) is 50.8 Å². The van der Waals surface area contributed by atoms with Crippen molar-refractivity contribution < 1.29 is 0 Å². The van der Waals surface area contributed by atoms with Crippen molar-refractivity contribution in [2.75, 3.05) is 45.9 Å². The first-order chi connectivity index (χ1) is 9.45. The fraction of sp³-hybridized carbons (Fsp3) is 0.600. The highest BCUT2D eigenvalue weighted by molar-refractivity contribution is 5.14. The molecule has 1 aromatic rings. The molecule has 0 atom stereocenters. The Bertz CT molecular complexity index is 316. The van der Waals surface area contributed by atoms with Crippen LogP contribution in [-0.2, 0) is 6.54 Å². The molecule has 106 valence electrons. The van der Waals surface area contributed by atoms with Crippen LogP contribution in [0.15, 0.2) is 30.3 Å². The van der Waals surface area contributed by atoms with E-state index in [1.54, 1.807) is 0 Å². The lowest BCUT2D eigenvalue weighted by atomic mass is 10.2. The van der Waals surface area contributed by atoms with Gasteiger partial charge >= 0.3 is 0 Å². The normalized spacial score (nSPS) is 20.4. The second-order valence-electron chi connectivity index (χ2n) is 5.05. The summed E-state index contributed by atoms with van der Waals surface area (Å²) in [6, 6.07) is 10.7. The van der Waals surface area contributed by atoms with Gasteiger partial charge in [0.2, 0.25) is 0 Å². The second kappa shape index (κ2) is 9.04. The zero-order valence-corrected chi connectivity index (χ0v) is 11.7. The molecule has 0 spiro atoms. The zero-order chi connectivity index (χ0) is 13.2. The number of hydrogen-bond acceptors (Lipinski definition) is 4. The molecule has 0 unspecified atom stereocenters. The molecule has 0 aromatic heterocycles. The fourth-order valence-corrected chi connectivity index (χ4v) is 2.30. The molecule has 1 aliphatic heterocycles. The lowest BCUT2D eigenvalue weighted by Crippen LogP contribution is -2.41. The summed E-state index contributed by atoms with van der Waals surface area (Å²) in [6.07, 6.45) is 1.19. The summed E-state index contributed by atoms with van der Waals surface area (Å²) >= 11 is 0. The zero-order valence-electron chi connectivity index (χ0n) is 11.7. The lowest BCUT2D eigenvalue weighted by Gasteiger charge is -2.24. The van der Waals surface area contributed by atoms with E-state index < -0.39 is 0 Å². The minimum Gasteiger partial charge on any atom is -0.315 e. The molecule has 1 aliphatic rings. The molecule has 4 nitrogen and oxygen atoms in total. The molecule has 1 aromatic carbocycles. The van der Waals surface area contributed by atoms with Crippen LogP contribution in [0.3, 0.4) is 0 Å². The molecule has 19 heavy (non-hydrogen) atoms. The maximum atomic E-state index is 3.53. The van der Waals surface area contributed by atoms with Crippen LogP contribution in [0.4, 0.5) is 0 Å². The highest BCUT2D eigenvalue weighted by Crippen LogP contribution is 2.03. The number of rotatable bonds is 2. The van der Waals surface area contributed by atoms with Gasteiger partial charge in [-0.1, -0.05) is 30.3 Å². The first kappa shape index (κ1) is 14.5. The van der Waals surface area contributed by atoms with Crippen LogP contribution in [0.25, 0.3) is 0 Å². The molecule has 1 fully saturated rings. The van der Waals surface area contributed by atoms with Gasteiger partial charge in [0.15, 0.2) is 0 Å². The Labute approximate surface area is 116 Å². The van der Waals surface area contributed by atoms with Gasteiger partial charge in [-0.25, -0.2) is 0 Å². The Kier molecular flexibility index (Phi) is 6.89. The summed E-state index contributed by atoms with van der Waals surface area (Å²) in [7, 11) is 0. The topological polar surface area (TPSA) is 39.3 Å². The summed E-state index contributed by atoms with van der Waals surface area (Å²) in [6.45, 7) is 8.45. The molecule has 3 N–H and O–H groups in total. The van der Waals surface area contributed by atoms with Crippen molar-refractivity contribution in [1.82, 2.24) is 20.9 Å². The Hall–Kier alpha value is -0.940. The highest BCUT2D eigenvalue weighted by Gasteiger charge is 2.05. The van der Waals surface area contributed by atoms with Gasteiger partial charge < -0.3 is 16.0 Å². The molecule has 0 bridgehead atoms. The summed E-state index contributed by atoms with van der Waals surface area (Å²) in [5, 5.41) is 10.5. The minimum atomic E-state index is 0.969. The van der Waals surface area contributed by atoms with E-state index >= 15 is 0 Å². The molecule has 0 aliphatic carbocycles. The van der Waals surface area contributed by atoms with E-state index in [0.29, 0.717) is 0 Å². The average Bonchev–Trinajstić information content (AvgIpc) is 2.43. The number of nitrogens with one attached hydrogen (secondary N) is 3. The standard InChI is InChI=1S/C15H26N4/c1-2-5-15(6-3-1)13-19-12-11-17-10-9-16-7-4-8-18-14-19/h1-3,5-6,16-18H,4,7-14H2. The monoisotopic (exact) mass is 262 g/mol. The van der Waals surface area contributed by atoms with Crippen molar-refractivity contribution in [2.24, 2.45) is 0 Å². The van der Waals surface area contributed by atoms with Crippen molar-refractivity contribution in [3.63, 3.8) is 0 Å². The maximum absolute atomic E-state index is 3.53. The predicted molar refractivity (Wildman–Crippen MR) is 80.1 cm³/mol. The number of benzene rings is 1. The maximum Gasteiger partial charge on any atom is 0.0484 e. The predicted octanol–water partition coefficient (Wildman–Crippen LogP) is 0.619. The highest BCUT2D eigenvalue weighted by atomic mass is 15.2. The Balaban J connectivity index is 1.81. The Morgan fingerprint density at radius 1 is 0.842 bits per heavy atom. The Morgan fingerprint density at radius 2 is 1.58 bits per heavy atom. The average molecular weight is 262 g/mol. The van der Waals surface area contributed by atoms with E-state index in [1.165, 1.54) is 12.0 Å².